The van der Waals surface area contributed by atoms with Crippen LogP contribution < -0.4 is 0 Å². The van der Waals surface area contributed by atoms with Crippen LogP contribution in [-0.4, -0.2) is 37.6 Å². The van der Waals surface area contributed by atoms with Gasteiger partial charge in [0.25, 0.3) is 0 Å². The number of aromatic hydroxyl groups is 2. The summed E-state index contributed by atoms with van der Waals surface area (Å²) in [4.78, 5) is 0. The second-order valence-corrected chi connectivity index (χ2v) is 5.28. The van der Waals surface area contributed by atoms with Crippen LogP contribution in [0, 0.1) is 0 Å². The van der Waals surface area contributed by atoms with Gasteiger partial charge in [-0.05, 0) is 30.0 Å². The molecule has 1 aromatic carbocycles. The van der Waals surface area contributed by atoms with Crippen LogP contribution in [0.4, 0.5) is 0 Å². The van der Waals surface area contributed by atoms with E-state index in [0.717, 1.165) is 5.82 Å². The second kappa shape index (κ2) is 5.96. The van der Waals surface area contributed by atoms with Gasteiger partial charge in [0.2, 0.25) is 5.16 Å². The minimum Gasteiger partial charge on any atom is -0.504 e. The van der Waals surface area contributed by atoms with Gasteiger partial charge >= 0.3 is 0 Å². The second-order valence-electron chi connectivity index (χ2n) is 4.50. The van der Waals surface area contributed by atoms with Crippen molar-refractivity contribution in [3.05, 3.63) is 29.6 Å². The van der Waals surface area contributed by atoms with Gasteiger partial charge in [0.1, 0.15) is 0 Å². The van der Waals surface area contributed by atoms with Crippen LogP contribution >= 0.6 is 11.8 Å². The number of hydrogen-bond acceptors (Lipinski definition) is 6. The Hall–Kier alpha value is -2.02. The first-order valence-corrected chi connectivity index (χ1v) is 7.31. The molecule has 2 aromatic rings. The lowest BCUT2D eigenvalue weighted by molar-refractivity contribution is 0.403. The van der Waals surface area contributed by atoms with Crippen molar-refractivity contribution >= 4 is 18.0 Å². The van der Waals surface area contributed by atoms with E-state index in [0.29, 0.717) is 10.7 Å². The molecule has 0 radical (unpaired) electrons. The van der Waals surface area contributed by atoms with Gasteiger partial charge in [-0.1, -0.05) is 25.6 Å². The van der Waals surface area contributed by atoms with Gasteiger partial charge in [-0.15, -0.1) is 10.2 Å². The Morgan fingerprint density at radius 3 is 2.60 bits per heavy atom. The third-order valence-corrected chi connectivity index (χ3v) is 3.28. The Balaban J connectivity index is 2.35. The number of thioether (sulfide) groups is 1. The van der Waals surface area contributed by atoms with Crippen molar-refractivity contribution in [3.8, 4) is 11.5 Å². The van der Waals surface area contributed by atoms with Crippen molar-refractivity contribution in [2.75, 3.05) is 6.26 Å². The van der Waals surface area contributed by atoms with Crippen LogP contribution in [0.25, 0.3) is 0 Å². The van der Waals surface area contributed by atoms with E-state index in [1.54, 1.807) is 17.0 Å². The highest BCUT2D eigenvalue weighted by Crippen LogP contribution is 2.24. The van der Waals surface area contributed by atoms with E-state index >= 15 is 0 Å². The summed E-state index contributed by atoms with van der Waals surface area (Å²) in [5.74, 6) is 0.647. The number of nitrogens with zero attached hydrogens (tertiary/aromatic N) is 4. The first-order valence-electron chi connectivity index (χ1n) is 6.08. The molecule has 20 heavy (non-hydrogen) atoms. The largest absolute Gasteiger partial charge is 0.504 e. The molecule has 1 heterocycles. The number of aromatic nitrogens is 3. The summed E-state index contributed by atoms with van der Waals surface area (Å²) >= 11 is 1.46. The topological polar surface area (TPSA) is 83.5 Å². The summed E-state index contributed by atoms with van der Waals surface area (Å²) in [6, 6.07) is 4.52. The molecule has 1 aromatic heterocycles. The van der Waals surface area contributed by atoms with Crippen molar-refractivity contribution in [3.63, 3.8) is 0 Å². The molecule has 0 spiro atoms. The van der Waals surface area contributed by atoms with Crippen LogP contribution in [0.5, 0.6) is 11.5 Å². The highest BCUT2D eigenvalue weighted by Gasteiger charge is 2.13. The predicted molar refractivity (Wildman–Crippen MR) is 78.7 cm³/mol. The van der Waals surface area contributed by atoms with Gasteiger partial charge in [-0.2, -0.15) is 9.78 Å². The molecule has 0 aliphatic rings. The van der Waals surface area contributed by atoms with Crippen LogP contribution in [0.1, 0.15) is 31.2 Å². The molecule has 0 saturated carbocycles. The van der Waals surface area contributed by atoms with E-state index < -0.39 is 0 Å². The number of phenolic OH excluding ortho intramolecular Hbond substituents is 2. The van der Waals surface area contributed by atoms with Crippen LogP contribution in [0.2, 0.25) is 0 Å². The monoisotopic (exact) mass is 292 g/mol. The van der Waals surface area contributed by atoms with E-state index in [1.807, 2.05) is 20.1 Å². The van der Waals surface area contributed by atoms with Crippen molar-refractivity contribution in [1.82, 2.24) is 14.9 Å². The summed E-state index contributed by atoms with van der Waals surface area (Å²) in [7, 11) is 0. The molecule has 0 fully saturated rings. The van der Waals surface area contributed by atoms with E-state index in [2.05, 4.69) is 15.3 Å². The highest BCUT2D eigenvalue weighted by molar-refractivity contribution is 7.98. The Morgan fingerprint density at radius 1 is 1.25 bits per heavy atom. The Labute approximate surface area is 121 Å². The zero-order chi connectivity index (χ0) is 14.7. The van der Waals surface area contributed by atoms with Crippen LogP contribution in [0.3, 0.4) is 0 Å². The zero-order valence-corrected chi connectivity index (χ0v) is 12.3. The van der Waals surface area contributed by atoms with Crippen molar-refractivity contribution in [1.29, 1.82) is 0 Å². The molecule has 0 amide bonds. The summed E-state index contributed by atoms with van der Waals surface area (Å²) in [6.07, 6.45) is 3.50. The van der Waals surface area contributed by atoms with E-state index in [9.17, 15) is 10.2 Å². The fourth-order valence-corrected chi connectivity index (χ4v) is 2.05. The fraction of sp³-hybridized carbons (Fsp3) is 0.308. The molecular weight excluding hydrogens is 276 g/mol. The van der Waals surface area contributed by atoms with Gasteiger partial charge < -0.3 is 10.2 Å². The first kappa shape index (κ1) is 14.4. The molecule has 0 atom stereocenters. The maximum Gasteiger partial charge on any atom is 0.211 e. The highest BCUT2D eigenvalue weighted by atomic mass is 32.2. The van der Waals surface area contributed by atoms with Gasteiger partial charge in [0.05, 0.1) is 6.21 Å². The van der Waals surface area contributed by atoms with Crippen LogP contribution in [-0.2, 0) is 0 Å². The Bertz CT molecular complexity index is 637. The summed E-state index contributed by atoms with van der Waals surface area (Å²) in [5, 5.41) is 32.0. The molecule has 0 aliphatic carbocycles. The average Bonchev–Trinajstić information content (AvgIpc) is 2.83. The molecule has 0 unspecified atom stereocenters. The van der Waals surface area contributed by atoms with Crippen molar-refractivity contribution in [2.45, 2.75) is 24.9 Å². The zero-order valence-electron chi connectivity index (χ0n) is 11.5. The number of hydrogen-bond donors (Lipinski definition) is 2. The molecular formula is C13H16N4O2S. The molecule has 2 N–H and O–H groups in total. The van der Waals surface area contributed by atoms with E-state index in [1.165, 1.54) is 23.9 Å². The van der Waals surface area contributed by atoms with Crippen molar-refractivity contribution in [2.24, 2.45) is 5.10 Å². The fourth-order valence-electron chi connectivity index (χ4n) is 1.62. The van der Waals surface area contributed by atoms with Gasteiger partial charge in [0, 0.05) is 5.92 Å². The van der Waals surface area contributed by atoms with Crippen LogP contribution in [0.15, 0.2) is 28.5 Å². The molecule has 6 nitrogen and oxygen atoms in total. The predicted octanol–water partition coefficient (Wildman–Crippen LogP) is 2.42. The number of benzene rings is 1. The van der Waals surface area contributed by atoms with Gasteiger partial charge in [-0.25, -0.2) is 0 Å². The summed E-state index contributed by atoms with van der Waals surface area (Å²) < 4.78 is 1.68. The maximum atomic E-state index is 9.45. The smallest absolute Gasteiger partial charge is 0.211 e. The standard InChI is InChI=1S/C13H16N4O2S/c1-8(2)12-15-16-13(20-3)17(12)14-7-9-4-5-10(18)11(19)6-9/h4-8,18-19H,1-3H3/b14-7-. The number of rotatable bonds is 4. The SMILES string of the molecule is CSc1nnc(C(C)C)n1/N=C\c1ccc(O)c(O)c1. The first-order chi connectivity index (χ1) is 9.52. The summed E-state index contributed by atoms with van der Waals surface area (Å²) in [5.41, 5.74) is 0.677. The van der Waals surface area contributed by atoms with Gasteiger partial charge in [-0.3, -0.25) is 0 Å². The lowest BCUT2D eigenvalue weighted by Gasteiger charge is -2.05. The Morgan fingerprint density at radius 2 is 2.00 bits per heavy atom. The number of phenols is 2. The minimum absolute atomic E-state index is 0.154. The van der Waals surface area contributed by atoms with Gasteiger partial charge in [0.15, 0.2) is 17.3 Å². The lowest BCUT2D eigenvalue weighted by Crippen LogP contribution is -2.01. The Kier molecular flexibility index (Phi) is 4.29. The normalized spacial score (nSPS) is 11.6. The molecule has 0 saturated heterocycles. The van der Waals surface area contributed by atoms with E-state index in [-0.39, 0.29) is 17.4 Å². The molecule has 7 heteroatoms. The van der Waals surface area contributed by atoms with Crippen molar-refractivity contribution < 1.29 is 10.2 Å². The third-order valence-electron chi connectivity index (χ3n) is 2.66. The minimum atomic E-state index is -0.174. The average molecular weight is 292 g/mol. The molecule has 2 rings (SSSR count). The molecule has 0 bridgehead atoms. The molecule has 106 valence electrons. The maximum absolute atomic E-state index is 9.45. The lowest BCUT2D eigenvalue weighted by atomic mass is 10.2. The summed E-state index contributed by atoms with van der Waals surface area (Å²) in [6.45, 7) is 4.04. The third kappa shape index (κ3) is 2.93. The van der Waals surface area contributed by atoms with E-state index in [4.69, 9.17) is 0 Å². The quantitative estimate of drug-likeness (QED) is 0.513. The molecule has 0 aliphatic heterocycles.